The lowest BCUT2D eigenvalue weighted by Crippen LogP contribution is -2.57. The van der Waals surface area contributed by atoms with Gasteiger partial charge in [-0.05, 0) is 75.1 Å². The molecule has 1 saturated heterocycles. The van der Waals surface area contributed by atoms with Crippen LogP contribution in [0.2, 0.25) is 0 Å². The number of anilines is 1. The van der Waals surface area contributed by atoms with Gasteiger partial charge in [-0.3, -0.25) is 9.48 Å². The van der Waals surface area contributed by atoms with Crippen LogP contribution in [-0.4, -0.2) is 66.0 Å². The SMILES string of the molecule is CC[C@@H]1C[C@H](N(Cc2cc(C(F)(F)F)cc(C(F)(F)F)c2)c2ncc(-c3cnn(C)c3)cn2)C[C@H](CC)N1C(=O)O[C@H]1CC[C@@H](C(=O)O)CC1. The van der Waals surface area contributed by atoms with Crippen LogP contribution in [0.3, 0.4) is 0 Å². The van der Waals surface area contributed by atoms with Crippen molar-refractivity contribution in [2.24, 2.45) is 13.0 Å². The third kappa shape index (κ3) is 8.49. The van der Waals surface area contributed by atoms with Gasteiger partial charge in [0.1, 0.15) is 6.10 Å². The van der Waals surface area contributed by atoms with Crippen molar-refractivity contribution < 1.29 is 45.8 Å². The number of hydrogen-bond donors (Lipinski definition) is 1. The number of likely N-dealkylation sites (tertiary alicyclic amines) is 1. The van der Waals surface area contributed by atoms with Gasteiger partial charge in [-0.15, -0.1) is 0 Å². The average molecular weight is 711 g/mol. The molecule has 50 heavy (non-hydrogen) atoms. The van der Waals surface area contributed by atoms with E-state index in [1.54, 1.807) is 33.9 Å². The van der Waals surface area contributed by atoms with Crippen LogP contribution in [0.5, 0.6) is 0 Å². The molecule has 1 amide bonds. The molecule has 1 aliphatic carbocycles. The molecule has 2 aromatic heterocycles. The van der Waals surface area contributed by atoms with Crippen LogP contribution >= 0.6 is 0 Å². The van der Waals surface area contributed by atoms with Crippen LogP contribution < -0.4 is 4.90 Å². The van der Waals surface area contributed by atoms with Crippen LogP contribution in [0.15, 0.2) is 43.0 Å². The number of hydrogen-bond acceptors (Lipinski definition) is 7. The van der Waals surface area contributed by atoms with E-state index < -0.39 is 53.6 Å². The molecule has 3 heterocycles. The van der Waals surface area contributed by atoms with Crippen LogP contribution in [0.4, 0.5) is 37.1 Å². The first kappa shape index (κ1) is 36.9. The highest BCUT2D eigenvalue weighted by Gasteiger charge is 2.42. The smallest absolute Gasteiger partial charge is 0.416 e. The van der Waals surface area contributed by atoms with E-state index in [9.17, 15) is 41.0 Å². The van der Waals surface area contributed by atoms with E-state index in [0.717, 1.165) is 5.56 Å². The number of carboxylic acid groups (broad SMARTS) is 1. The quantitative estimate of drug-likeness (QED) is 0.225. The van der Waals surface area contributed by atoms with Crippen molar-refractivity contribution in [2.45, 2.75) is 108 Å². The second-order valence-electron chi connectivity index (χ2n) is 13.1. The van der Waals surface area contributed by atoms with E-state index in [2.05, 4.69) is 15.1 Å². The predicted octanol–water partition coefficient (Wildman–Crippen LogP) is 7.72. The number of aryl methyl sites for hydroxylation is 1. The van der Waals surface area contributed by atoms with E-state index in [1.807, 2.05) is 13.8 Å². The number of carboxylic acids is 1. The van der Waals surface area contributed by atoms with Gasteiger partial charge in [0.25, 0.3) is 0 Å². The number of carbonyl (C=O) groups excluding carboxylic acids is 1. The topological polar surface area (TPSA) is 114 Å². The lowest BCUT2D eigenvalue weighted by Gasteiger charge is -2.47. The Morgan fingerprint density at radius 3 is 1.90 bits per heavy atom. The molecule has 1 saturated carbocycles. The summed E-state index contributed by atoms with van der Waals surface area (Å²) in [5.74, 6) is -1.22. The molecule has 5 rings (SSSR count). The first-order valence-corrected chi connectivity index (χ1v) is 16.6. The molecule has 0 radical (unpaired) electrons. The monoisotopic (exact) mass is 710 g/mol. The Bertz CT molecular complexity index is 1590. The number of ether oxygens (including phenoxy) is 1. The van der Waals surface area contributed by atoms with Gasteiger partial charge in [-0.25, -0.2) is 14.8 Å². The molecule has 2 aliphatic rings. The summed E-state index contributed by atoms with van der Waals surface area (Å²) in [6, 6.07) is 0.328. The first-order chi connectivity index (χ1) is 23.6. The Kier molecular flexibility index (Phi) is 11.0. The summed E-state index contributed by atoms with van der Waals surface area (Å²) >= 11 is 0. The second kappa shape index (κ2) is 14.9. The normalized spacial score (nSPS) is 23.1. The number of aromatic nitrogens is 4. The molecule has 0 bridgehead atoms. The van der Waals surface area contributed by atoms with Crippen LogP contribution in [-0.2, 0) is 35.5 Å². The molecule has 2 fully saturated rings. The molecule has 16 heteroatoms. The highest BCUT2D eigenvalue weighted by atomic mass is 19.4. The lowest BCUT2D eigenvalue weighted by atomic mass is 9.87. The highest BCUT2D eigenvalue weighted by Crippen LogP contribution is 2.39. The molecular weight excluding hydrogens is 670 g/mol. The van der Waals surface area contributed by atoms with Crippen molar-refractivity contribution in [2.75, 3.05) is 4.90 Å². The van der Waals surface area contributed by atoms with Crippen molar-refractivity contribution >= 4 is 18.0 Å². The molecule has 1 aliphatic heterocycles. The molecule has 10 nitrogen and oxygen atoms in total. The number of amides is 1. The zero-order valence-electron chi connectivity index (χ0n) is 27.9. The number of rotatable bonds is 9. The van der Waals surface area contributed by atoms with Crippen molar-refractivity contribution in [1.82, 2.24) is 24.6 Å². The largest absolute Gasteiger partial charge is 0.481 e. The number of alkyl halides is 6. The van der Waals surface area contributed by atoms with Gasteiger partial charge in [0.15, 0.2) is 0 Å². The molecule has 3 aromatic rings. The first-order valence-electron chi connectivity index (χ1n) is 16.6. The third-order valence-electron chi connectivity index (χ3n) is 9.69. The molecule has 272 valence electrons. The Balaban J connectivity index is 1.46. The van der Waals surface area contributed by atoms with Gasteiger partial charge >= 0.3 is 24.4 Å². The summed E-state index contributed by atoms with van der Waals surface area (Å²) in [5, 5.41) is 13.5. The average Bonchev–Trinajstić information content (AvgIpc) is 3.52. The number of aliphatic carboxylic acids is 1. The lowest BCUT2D eigenvalue weighted by molar-refractivity contribution is -0.144. The van der Waals surface area contributed by atoms with E-state index in [-0.39, 0.29) is 36.2 Å². The van der Waals surface area contributed by atoms with Crippen molar-refractivity contribution in [3.63, 3.8) is 0 Å². The predicted molar refractivity (Wildman–Crippen MR) is 170 cm³/mol. The number of carbonyl (C=O) groups is 2. The summed E-state index contributed by atoms with van der Waals surface area (Å²) in [6.45, 7) is 3.43. The Hall–Kier alpha value is -4.37. The maximum absolute atomic E-state index is 13.8. The molecule has 1 aromatic carbocycles. The minimum atomic E-state index is -5.01. The molecule has 0 unspecified atom stereocenters. The molecule has 0 spiro atoms. The highest BCUT2D eigenvalue weighted by molar-refractivity contribution is 5.70. The summed E-state index contributed by atoms with van der Waals surface area (Å²) < 4.78 is 90.3. The van der Waals surface area contributed by atoms with E-state index >= 15 is 0 Å². The molecule has 3 atom stereocenters. The standard InChI is InChI=1S/C34H40F6N6O4/c1-4-26-13-28(14-27(5-2)46(26)32(49)50-29-8-6-21(7-9-29)30(47)48)45(31-41-15-22(16-42-31)23-17-43-44(3)19-23)18-20-10-24(33(35,36)37)12-25(11-20)34(38,39)40/h10-12,15-17,19,21,26-29H,4-9,13-14,18H2,1-3H3,(H,47,48)/t21-,26-,27+,28+,29+. The van der Waals surface area contributed by atoms with Gasteiger partial charge < -0.3 is 19.6 Å². The van der Waals surface area contributed by atoms with Crippen LogP contribution in [0.25, 0.3) is 11.1 Å². The Labute approximate surface area is 285 Å². The molecule has 1 N–H and O–H groups in total. The maximum atomic E-state index is 13.8. The zero-order valence-corrected chi connectivity index (χ0v) is 27.9. The number of nitrogens with zero attached hydrogens (tertiary/aromatic N) is 6. The van der Waals surface area contributed by atoms with Gasteiger partial charge in [0.2, 0.25) is 5.95 Å². The summed E-state index contributed by atoms with van der Waals surface area (Å²) in [7, 11) is 1.74. The Morgan fingerprint density at radius 2 is 1.44 bits per heavy atom. The number of benzene rings is 1. The van der Waals surface area contributed by atoms with Crippen LogP contribution in [0.1, 0.15) is 81.9 Å². The van der Waals surface area contributed by atoms with Gasteiger partial charge in [-0.2, -0.15) is 31.4 Å². The van der Waals surface area contributed by atoms with E-state index in [4.69, 9.17) is 4.74 Å². The van der Waals surface area contributed by atoms with Gasteiger partial charge in [0, 0.05) is 61.4 Å². The summed E-state index contributed by atoms with van der Waals surface area (Å²) in [4.78, 5) is 37.3. The fourth-order valence-corrected chi connectivity index (χ4v) is 7.02. The van der Waals surface area contributed by atoms with Gasteiger partial charge in [-0.1, -0.05) is 13.8 Å². The minimum Gasteiger partial charge on any atom is -0.481 e. The maximum Gasteiger partial charge on any atom is 0.416 e. The third-order valence-corrected chi connectivity index (χ3v) is 9.69. The van der Waals surface area contributed by atoms with E-state index in [0.29, 0.717) is 69.1 Å². The van der Waals surface area contributed by atoms with Crippen molar-refractivity contribution in [3.05, 3.63) is 59.7 Å². The fourth-order valence-electron chi connectivity index (χ4n) is 7.02. The van der Waals surface area contributed by atoms with Crippen LogP contribution in [0, 0.1) is 5.92 Å². The van der Waals surface area contributed by atoms with Crippen molar-refractivity contribution in [3.8, 4) is 11.1 Å². The second-order valence-corrected chi connectivity index (χ2v) is 13.1. The Morgan fingerprint density at radius 1 is 0.880 bits per heavy atom. The fraction of sp³-hybridized carbons (Fsp3) is 0.559. The minimum absolute atomic E-state index is 0.103. The summed E-state index contributed by atoms with van der Waals surface area (Å²) in [5.41, 5.74) is -1.70. The van der Waals surface area contributed by atoms with Crippen molar-refractivity contribution in [1.29, 1.82) is 0 Å². The number of halogens is 6. The summed E-state index contributed by atoms with van der Waals surface area (Å²) in [6.07, 6.45) is -1.20. The number of piperidine rings is 1. The van der Waals surface area contributed by atoms with Gasteiger partial charge in [0.05, 0.1) is 23.2 Å². The molecular formula is C34H40F6N6O4. The zero-order chi connectivity index (χ0) is 36.4. The van der Waals surface area contributed by atoms with E-state index in [1.165, 1.54) is 12.4 Å².